The Morgan fingerprint density at radius 1 is 1.65 bits per heavy atom. The van der Waals surface area contributed by atoms with Crippen molar-refractivity contribution in [3.05, 3.63) is 21.6 Å². The molecule has 20 heavy (non-hydrogen) atoms. The average Bonchev–Trinajstić information content (AvgIpc) is 2.39. The van der Waals surface area contributed by atoms with Crippen LogP contribution in [0.25, 0.3) is 0 Å². The van der Waals surface area contributed by atoms with Gasteiger partial charge in [0.25, 0.3) is 5.56 Å². The van der Waals surface area contributed by atoms with E-state index in [1.165, 1.54) is 24.4 Å². The molecule has 110 valence electrons. The zero-order chi connectivity index (χ0) is 14.7. The standard InChI is InChI=1S/C13H18ClN3O3/c1-8(13(19)20-2)16-11-10(14)6-15-17(12(11)18)7-9-4-3-5-9/h6,8-9,16H,3-5,7H2,1-2H3. The first-order valence-corrected chi connectivity index (χ1v) is 7.00. The second kappa shape index (κ2) is 6.26. The number of nitrogens with one attached hydrogen (secondary N) is 1. The summed E-state index contributed by atoms with van der Waals surface area (Å²) in [5, 5.41) is 7.05. The van der Waals surface area contributed by atoms with Crippen LogP contribution in [-0.4, -0.2) is 28.9 Å². The largest absolute Gasteiger partial charge is 0.467 e. The molecular formula is C13H18ClN3O3. The number of anilines is 1. The highest BCUT2D eigenvalue weighted by atomic mass is 35.5. The lowest BCUT2D eigenvalue weighted by Crippen LogP contribution is -2.35. The van der Waals surface area contributed by atoms with Crippen LogP contribution >= 0.6 is 11.6 Å². The summed E-state index contributed by atoms with van der Waals surface area (Å²) >= 11 is 5.99. The first-order valence-electron chi connectivity index (χ1n) is 6.63. The number of esters is 1. The highest BCUT2D eigenvalue weighted by molar-refractivity contribution is 6.33. The van der Waals surface area contributed by atoms with Gasteiger partial charge in [-0.25, -0.2) is 9.48 Å². The molecule has 1 N–H and O–H groups in total. The topological polar surface area (TPSA) is 73.2 Å². The van der Waals surface area contributed by atoms with Gasteiger partial charge in [-0.05, 0) is 25.7 Å². The first-order chi connectivity index (χ1) is 9.52. The van der Waals surface area contributed by atoms with Crippen molar-refractivity contribution in [3.8, 4) is 0 Å². The Bertz CT molecular complexity index is 554. The number of carbonyl (C=O) groups is 1. The third kappa shape index (κ3) is 3.12. The number of methoxy groups -OCH3 is 1. The second-order valence-corrected chi connectivity index (χ2v) is 5.45. The van der Waals surface area contributed by atoms with Crippen LogP contribution in [0.3, 0.4) is 0 Å². The number of rotatable bonds is 5. The van der Waals surface area contributed by atoms with Gasteiger partial charge in [-0.2, -0.15) is 5.10 Å². The third-order valence-electron chi connectivity index (χ3n) is 3.57. The van der Waals surface area contributed by atoms with E-state index < -0.39 is 12.0 Å². The molecule has 0 radical (unpaired) electrons. The lowest BCUT2D eigenvalue weighted by molar-refractivity contribution is -0.141. The molecule has 1 fully saturated rings. The number of ether oxygens (including phenoxy) is 1. The highest BCUT2D eigenvalue weighted by Crippen LogP contribution is 2.27. The number of halogens is 1. The van der Waals surface area contributed by atoms with Gasteiger partial charge in [-0.15, -0.1) is 0 Å². The van der Waals surface area contributed by atoms with Crippen molar-refractivity contribution in [2.24, 2.45) is 5.92 Å². The Morgan fingerprint density at radius 2 is 2.35 bits per heavy atom. The Balaban J connectivity index is 2.20. The van der Waals surface area contributed by atoms with Crippen LogP contribution in [-0.2, 0) is 16.1 Å². The molecule has 1 aromatic heterocycles. The van der Waals surface area contributed by atoms with E-state index in [1.54, 1.807) is 6.92 Å². The molecule has 1 atom stereocenters. The van der Waals surface area contributed by atoms with Crippen LogP contribution in [0.4, 0.5) is 5.69 Å². The SMILES string of the molecule is COC(=O)C(C)Nc1c(Cl)cnn(CC2CCC2)c1=O. The number of nitrogens with zero attached hydrogens (tertiary/aromatic N) is 2. The van der Waals surface area contributed by atoms with E-state index in [-0.39, 0.29) is 16.3 Å². The molecule has 0 saturated heterocycles. The summed E-state index contributed by atoms with van der Waals surface area (Å²) in [5.74, 6) is 0.0510. The highest BCUT2D eigenvalue weighted by Gasteiger charge is 2.21. The van der Waals surface area contributed by atoms with Gasteiger partial charge in [-0.3, -0.25) is 4.79 Å². The van der Waals surface area contributed by atoms with E-state index in [0.29, 0.717) is 12.5 Å². The lowest BCUT2D eigenvalue weighted by atomic mass is 9.85. The van der Waals surface area contributed by atoms with Crippen LogP contribution in [0.2, 0.25) is 5.02 Å². The minimum atomic E-state index is -0.648. The summed E-state index contributed by atoms with van der Waals surface area (Å²) < 4.78 is 6.02. The molecule has 1 aliphatic rings. The number of aromatic nitrogens is 2. The molecule has 1 saturated carbocycles. The maximum Gasteiger partial charge on any atom is 0.327 e. The molecule has 1 aromatic rings. The predicted molar refractivity (Wildman–Crippen MR) is 75.9 cm³/mol. The molecule has 1 aliphatic carbocycles. The van der Waals surface area contributed by atoms with Gasteiger partial charge >= 0.3 is 5.97 Å². The molecule has 1 heterocycles. The second-order valence-electron chi connectivity index (χ2n) is 5.04. The van der Waals surface area contributed by atoms with E-state index in [9.17, 15) is 9.59 Å². The van der Waals surface area contributed by atoms with E-state index in [2.05, 4.69) is 15.2 Å². The average molecular weight is 300 g/mol. The molecule has 6 nitrogen and oxygen atoms in total. The van der Waals surface area contributed by atoms with Gasteiger partial charge in [0.2, 0.25) is 0 Å². The third-order valence-corrected chi connectivity index (χ3v) is 3.86. The summed E-state index contributed by atoms with van der Waals surface area (Å²) in [6.45, 7) is 2.20. The molecular weight excluding hydrogens is 282 g/mol. The number of hydrogen-bond acceptors (Lipinski definition) is 5. The normalized spacial score (nSPS) is 16.4. The summed E-state index contributed by atoms with van der Waals surface area (Å²) in [7, 11) is 1.30. The van der Waals surface area contributed by atoms with Gasteiger partial charge < -0.3 is 10.1 Å². The van der Waals surface area contributed by atoms with E-state index >= 15 is 0 Å². The van der Waals surface area contributed by atoms with Gasteiger partial charge in [0.1, 0.15) is 11.7 Å². The minimum Gasteiger partial charge on any atom is -0.467 e. The number of hydrogen-bond donors (Lipinski definition) is 1. The monoisotopic (exact) mass is 299 g/mol. The quantitative estimate of drug-likeness (QED) is 0.837. The fourth-order valence-corrected chi connectivity index (χ4v) is 2.28. The van der Waals surface area contributed by atoms with Crippen molar-refractivity contribution in [1.29, 1.82) is 0 Å². The summed E-state index contributed by atoms with van der Waals surface area (Å²) in [4.78, 5) is 23.7. The molecule has 0 aromatic carbocycles. The number of carbonyl (C=O) groups excluding carboxylic acids is 1. The van der Waals surface area contributed by atoms with Crippen molar-refractivity contribution >= 4 is 23.3 Å². The minimum absolute atomic E-state index is 0.193. The Hall–Kier alpha value is -1.56. The predicted octanol–water partition coefficient (Wildman–Crippen LogP) is 1.67. The summed E-state index contributed by atoms with van der Waals surface area (Å²) in [6.07, 6.45) is 4.88. The van der Waals surface area contributed by atoms with Gasteiger partial charge in [-0.1, -0.05) is 18.0 Å². The van der Waals surface area contributed by atoms with Crippen molar-refractivity contribution < 1.29 is 9.53 Å². The first kappa shape index (κ1) is 14.8. The molecule has 2 rings (SSSR count). The zero-order valence-corrected chi connectivity index (χ0v) is 12.3. The maximum absolute atomic E-state index is 12.3. The fourth-order valence-electron chi connectivity index (χ4n) is 2.10. The summed E-state index contributed by atoms with van der Waals surface area (Å²) in [5.41, 5.74) is -0.112. The van der Waals surface area contributed by atoms with E-state index in [4.69, 9.17) is 11.6 Å². The Kier molecular flexibility index (Phi) is 4.65. The van der Waals surface area contributed by atoms with Gasteiger partial charge in [0, 0.05) is 6.54 Å². The van der Waals surface area contributed by atoms with Crippen molar-refractivity contribution in [3.63, 3.8) is 0 Å². The molecule has 0 amide bonds. The van der Waals surface area contributed by atoms with Gasteiger partial charge in [0.05, 0.1) is 18.3 Å². The Labute approximate surface area is 122 Å². The van der Waals surface area contributed by atoms with Crippen LogP contribution in [0.5, 0.6) is 0 Å². The van der Waals surface area contributed by atoms with Crippen molar-refractivity contribution in [1.82, 2.24) is 9.78 Å². The molecule has 0 aliphatic heterocycles. The van der Waals surface area contributed by atoms with Crippen LogP contribution in [0.1, 0.15) is 26.2 Å². The van der Waals surface area contributed by atoms with Crippen LogP contribution < -0.4 is 10.9 Å². The summed E-state index contributed by atoms with van der Waals surface area (Å²) in [6, 6.07) is -0.648. The molecule has 0 bridgehead atoms. The van der Waals surface area contributed by atoms with E-state index in [0.717, 1.165) is 12.8 Å². The molecule has 7 heteroatoms. The van der Waals surface area contributed by atoms with Crippen molar-refractivity contribution in [2.45, 2.75) is 38.8 Å². The molecule has 0 spiro atoms. The maximum atomic E-state index is 12.3. The zero-order valence-electron chi connectivity index (χ0n) is 11.6. The lowest BCUT2D eigenvalue weighted by Gasteiger charge is -2.25. The Morgan fingerprint density at radius 3 is 2.90 bits per heavy atom. The molecule has 1 unspecified atom stereocenters. The van der Waals surface area contributed by atoms with Crippen LogP contribution in [0, 0.1) is 5.92 Å². The van der Waals surface area contributed by atoms with Gasteiger partial charge in [0.15, 0.2) is 0 Å². The smallest absolute Gasteiger partial charge is 0.327 e. The van der Waals surface area contributed by atoms with Crippen molar-refractivity contribution in [2.75, 3.05) is 12.4 Å². The van der Waals surface area contributed by atoms with E-state index in [1.807, 2.05) is 0 Å². The fraction of sp³-hybridized carbons (Fsp3) is 0.615. The van der Waals surface area contributed by atoms with Crippen LogP contribution in [0.15, 0.2) is 11.0 Å².